The van der Waals surface area contributed by atoms with Crippen LogP contribution in [0.2, 0.25) is 5.02 Å². The van der Waals surface area contributed by atoms with Crippen molar-refractivity contribution in [2.24, 2.45) is 0 Å². The van der Waals surface area contributed by atoms with Gasteiger partial charge in [-0.1, -0.05) is 35.9 Å². The molecule has 146 valence electrons. The van der Waals surface area contributed by atoms with Crippen LogP contribution in [0.3, 0.4) is 0 Å². The van der Waals surface area contributed by atoms with Gasteiger partial charge in [0.25, 0.3) is 0 Å². The van der Waals surface area contributed by atoms with Gasteiger partial charge in [0, 0.05) is 16.0 Å². The molecule has 0 aliphatic carbocycles. The molecule has 0 unspecified atom stereocenters. The van der Waals surface area contributed by atoms with Gasteiger partial charge in [0.2, 0.25) is 9.84 Å². The normalized spacial score (nSPS) is 11.7. The van der Waals surface area contributed by atoms with Crippen LogP contribution in [0.25, 0.3) is 22.2 Å². The largest absolute Gasteiger partial charge is 0.243 e. The number of benzene rings is 3. The van der Waals surface area contributed by atoms with E-state index in [-0.39, 0.29) is 21.5 Å². The van der Waals surface area contributed by atoms with Gasteiger partial charge in [-0.25, -0.2) is 26.6 Å². The van der Waals surface area contributed by atoms with Crippen molar-refractivity contribution >= 4 is 32.3 Å². The fourth-order valence-corrected chi connectivity index (χ4v) is 4.61. The number of pyridine rings is 1. The van der Waals surface area contributed by atoms with Crippen LogP contribution in [0.4, 0.5) is 13.2 Å². The Labute approximate surface area is 169 Å². The Hall–Kier alpha value is -2.90. The minimum absolute atomic E-state index is 0.0216. The predicted molar refractivity (Wildman–Crippen MR) is 104 cm³/mol. The topological polar surface area (TPSA) is 47.0 Å². The van der Waals surface area contributed by atoms with Gasteiger partial charge in [0.05, 0.1) is 15.5 Å². The highest BCUT2D eigenvalue weighted by atomic mass is 35.5. The molecule has 0 bridgehead atoms. The van der Waals surface area contributed by atoms with Crippen molar-refractivity contribution < 1.29 is 21.6 Å². The second kappa shape index (κ2) is 7.17. The summed E-state index contributed by atoms with van der Waals surface area (Å²) in [6.07, 6.45) is 0. The molecule has 0 fully saturated rings. The zero-order chi connectivity index (χ0) is 20.8. The maximum Gasteiger partial charge on any atom is 0.208 e. The average molecular weight is 434 g/mol. The summed E-state index contributed by atoms with van der Waals surface area (Å²) in [5.74, 6) is -3.09. The summed E-state index contributed by atoms with van der Waals surface area (Å²) in [5.41, 5.74) is 0.269. The van der Waals surface area contributed by atoms with Crippen LogP contribution in [0.15, 0.2) is 76.5 Å². The zero-order valence-corrected chi connectivity index (χ0v) is 16.1. The van der Waals surface area contributed by atoms with Gasteiger partial charge in [-0.2, -0.15) is 0 Å². The van der Waals surface area contributed by atoms with E-state index in [0.717, 1.165) is 12.1 Å². The van der Waals surface area contributed by atoms with Crippen molar-refractivity contribution in [3.05, 3.63) is 89.2 Å². The fraction of sp³-hybridized carbons (Fsp3) is 0. The molecule has 3 aromatic carbocycles. The highest BCUT2D eigenvalue weighted by Crippen LogP contribution is 2.34. The van der Waals surface area contributed by atoms with Gasteiger partial charge in [0.1, 0.15) is 11.3 Å². The lowest BCUT2D eigenvalue weighted by atomic mass is 10.1. The third-order valence-electron chi connectivity index (χ3n) is 4.35. The molecule has 0 saturated carbocycles. The quantitative estimate of drug-likeness (QED) is 0.383. The molecular weight excluding hydrogens is 423 g/mol. The summed E-state index contributed by atoms with van der Waals surface area (Å²) in [6.45, 7) is 0. The number of hydrogen-bond acceptors (Lipinski definition) is 3. The third kappa shape index (κ3) is 3.47. The van der Waals surface area contributed by atoms with E-state index in [0.29, 0.717) is 16.7 Å². The Kier molecular flexibility index (Phi) is 4.80. The van der Waals surface area contributed by atoms with E-state index in [4.69, 9.17) is 11.6 Å². The molecule has 0 atom stereocenters. The van der Waals surface area contributed by atoms with Crippen molar-refractivity contribution in [2.45, 2.75) is 9.79 Å². The van der Waals surface area contributed by atoms with E-state index in [1.807, 2.05) is 0 Å². The van der Waals surface area contributed by atoms with Crippen LogP contribution in [0, 0.1) is 17.5 Å². The molecule has 0 saturated heterocycles. The Morgan fingerprint density at radius 2 is 1.55 bits per heavy atom. The zero-order valence-electron chi connectivity index (χ0n) is 14.5. The molecular formula is C21H11ClF3NO2S. The number of hydrogen-bond donors (Lipinski definition) is 0. The van der Waals surface area contributed by atoms with E-state index in [2.05, 4.69) is 4.98 Å². The van der Waals surface area contributed by atoms with Gasteiger partial charge in [0.15, 0.2) is 11.6 Å². The van der Waals surface area contributed by atoms with Crippen molar-refractivity contribution in [1.29, 1.82) is 0 Å². The first-order valence-corrected chi connectivity index (χ1v) is 10.2. The van der Waals surface area contributed by atoms with E-state index < -0.39 is 32.2 Å². The van der Waals surface area contributed by atoms with Gasteiger partial charge < -0.3 is 0 Å². The number of para-hydroxylation sites is 1. The van der Waals surface area contributed by atoms with Gasteiger partial charge in [-0.15, -0.1) is 0 Å². The SMILES string of the molecule is O=S(=O)(c1ccc(F)c(F)c1)c1cc2cccc(F)c2nc1-c1cccc(Cl)c1. The standard InChI is InChI=1S/C21H11ClF3NO2S/c22-14-5-1-3-12(9-14)21-19(10-13-4-2-6-17(24)20(13)26-21)29(27,28)15-7-8-16(23)18(25)11-15/h1-11H. The third-order valence-corrected chi connectivity index (χ3v) is 6.35. The lowest BCUT2D eigenvalue weighted by Gasteiger charge is -2.13. The Morgan fingerprint density at radius 3 is 2.28 bits per heavy atom. The second-order valence-electron chi connectivity index (χ2n) is 6.24. The fourth-order valence-electron chi connectivity index (χ4n) is 2.96. The maximum atomic E-state index is 14.3. The van der Waals surface area contributed by atoms with E-state index in [9.17, 15) is 21.6 Å². The van der Waals surface area contributed by atoms with Crippen LogP contribution < -0.4 is 0 Å². The maximum absolute atomic E-state index is 14.3. The summed E-state index contributed by atoms with van der Waals surface area (Å²) in [4.78, 5) is 3.52. The lowest BCUT2D eigenvalue weighted by molar-refractivity contribution is 0.504. The van der Waals surface area contributed by atoms with E-state index >= 15 is 0 Å². The van der Waals surface area contributed by atoms with Crippen molar-refractivity contribution in [2.75, 3.05) is 0 Å². The number of fused-ring (bicyclic) bond motifs is 1. The van der Waals surface area contributed by atoms with Crippen molar-refractivity contribution in [3.8, 4) is 11.3 Å². The molecule has 1 aromatic heterocycles. The highest BCUT2D eigenvalue weighted by Gasteiger charge is 2.26. The highest BCUT2D eigenvalue weighted by molar-refractivity contribution is 7.91. The molecule has 4 rings (SSSR count). The molecule has 4 aromatic rings. The molecule has 8 heteroatoms. The summed E-state index contributed by atoms with van der Waals surface area (Å²) in [6, 6.07) is 14.0. The molecule has 0 radical (unpaired) electrons. The van der Waals surface area contributed by atoms with Gasteiger partial charge >= 0.3 is 0 Å². The predicted octanol–water partition coefficient (Wildman–Crippen LogP) is 5.81. The number of rotatable bonds is 3. The summed E-state index contributed by atoms with van der Waals surface area (Å²) < 4.78 is 67.8. The smallest absolute Gasteiger partial charge is 0.208 e. The minimum atomic E-state index is -4.31. The Morgan fingerprint density at radius 1 is 0.793 bits per heavy atom. The number of aromatic nitrogens is 1. The second-order valence-corrected chi connectivity index (χ2v) is 8.59. The number of nitrogens with zero attached hydrogens (tertiary/aromatic N) is 1. The molecule has 1 heterocycles. The first-order valence-electron chi connectivity index (χ1n) is 8.33. The summed E-state index contributed by atoms with van der Waals surface area (Å²) in [5, 5.41) is 0.575. The van der Waals surface area contributed by atoms with Crippen LogP contribution >= 0.6 is 11.6 Å². The van der Waals surface area contributed by atoms with Crippen LogP contribution in [0.5, 0.6) is 0 Å². The minimum Gasteiger partial charge on any atom is -0.243 e. The summed E-state index contributed by atoms with van der Waals surface area (Å²) >= 11 is 6.02. The molecule has 3 nitrogen and oxygen atoms in total. The van der Waals surface area contributed by atoms with E-state index in [1.54, 1.807) is 18.2 Å². The molecule has 0 amide bonds. The van der Waals surface area contributed by atoms with Gasteiger partial charge in [-0.3, -0.25) is 0 Å². The van der Waals surface area contributed by atoms with Crippen molar-refractivity contribution in [3.63, 3.8) is 0 Å². The molecule has 0 spiro atoms. The molecule has 0 aliphatic heterocycles. The average Bonchev–Trinajstić information content (AvgIpc) is 2.69. The number of sulfone groups is 1. The van der Waals surface area contributed by atoms with E-state index in [1.165, 1.54) is 30.3 Å². The monoisotopic (exact) mass is 433 g/mol. The Balaban J connectivity index is 2.06. The molecule has 29 heavy (non-hydrogen) atoms. The summed E-state index contributed by atoms with van der Waals surface area (Å²) in [7, 11) is -4.31. The first-order chi connectivity index (χ1) is 13.8. The number of halogens is 4. The Bertz CT molecular complexity index is 1370. The van der Waals surface area contributed by atoms with Gasteiger partial charge in [-0.05, 0) is 42.5 Å². The van der Waals surface area contributed by atoms with Crippen molar-refractivity contribution in [1.82, 2.24) is 4.98 Å². The van der Waals surface area contributed by atoms with Crippen LogP contribution in [-0.2, 0) is 9.84 Å². The van der Waals surface area contributed by atoms with Crippen LogP contribution in [-0.4, -0.2) is 13.4 Å². The lowest BCUT2D eigenvalue weighted by Crippen LogP contribution is -2.07. The first kappa shape index (κ1) is 19.4. The molecule has 0 N–H and O–H groups in total. The van der Waals surface area contributed by atoms with Crippen LogP contribution in [0.1, 0.15) is 0 Å². The molecule has 0 aliphatic rings.